The molecule has 0 amide bonds. The summed E-state index contributed by atoms with van der Waals surface area (Å²) in [5.74, 6) is -0.0442. The van der Waals surface area contributed by atoms with Gasteiger partial charge in [-0.1, -0.05) is 16.7 Å². The number of nitrogens with zero attached hydrogens (tertiary/aromatic N) is 2. The van der Waals surface area contributed by atoms with Crippen LogP contribution in [0.2, 0.25) is 5.02 Å². The van der Waals surface area contributed by atoms with Crippen LogP contribution in [0.3, 0.4) is 0 Å². The maximum atomic E-state index is 13.0. The van der Waals surface area contributed by atoms with Crippen molar-refractivity contribution in [2.45, 2.75) is 5.88 Å². The maximum Gasteiger partial charge on any atom is 0.320 e. The number of nitrogens with one attached hydrogen (secondary N) is 1. The predicted molar refractivity (Wildman–Crippen MR) is 58.5 cm³/mol. The van der Waals surface area contributed by atoms with Crippen LogP contribution in [0.1, 0.15) is 5.89 Å². The highest BCUT2D eigenvalue weighted by atomic mass is 35.5. The van der Waals surface area contributed by atoms with Gasteiger partial charge in [0, 0.05) is 10.7 Å². The third-order valence-corrected chi connectivity index (χ3v) is 2.14. The standard InChI is InChI=1S/C9H6Cl2FN3O/c10-4-8-14-15-9(16-8)13-7-2-5(11)1-6(12)3-7/h1-3H,4H2,(H,13,15). The summed E-state index contributed by atoms with van der Waals surface area (Å²) < 4.78 is 18.1. The third-order valence-electron chi connectivity index (χ3n) is 1.69. The Morgan fingerprint density at radius 3 is 2.75 bits per heavy atom. The minimum atomic E-state index is -0.452. The molecule has 0 radical (unpaired) electrons. The summed E-state index contributed by atoms with van der Waals surface area (Å²) in [5.41, 5.74) is 0.426. The van der Waals surface area contributed by atoms with Crippen molar-refractivity contribution in [1.82, 2.24) is 10.2 Å². The van der Waals surface area contributed by atoms with E-state index in [1.165, 1.54) is 18.2 Å². The molecular weight excluding hydrogens is 256 g/mol. The summed E-state index contributed by atoms with van der Waals surface area (Å²) >= 11 is 11.2. The molecule has 0 aliphatic carbocycles. The second-order valence-corrected chi connectivity index (χ2v) is 3.62. The number of hydrogen-bond acceptors (Lipinski definition) is 4. The van der Waals surface area contributed by atoms with Gasteiger partial charge in [0.25, 0.3) is 0 Å². The van der Waals surface area contributed by atoms with Gasteiger partial charge >= 0.3 is 6.01 Å². The average Bonchev–Trinajstić information content (AvgIpc) is 2.64. The summed E-state index contributed by atoms with van der Waals surface area (Å²) in [6.45, 7) is 0. The Hall–Kier alpha value is -1.33. The molecule has 1 N–H and O–H groups in total. The molecular formula is C9H6Cl2FN3O. The van der Waals surface area contributed by atoms with Crippen LogP contribution in [0.4, 0.5) is 16.1 Å². The van der Waals surface area contributed by atoms with Gasteiger partial charge in [0.1, 0.15) is 11.7 Å². The lowest BCUT2D eigenvalue weighted by molar-refractivity contribution is 0.530. The van der Waals surface area contributed by atoms with Crippen molar-refractivity contribution in [3.05, 3.63) is 34.9 Å². The number of hydrogen-bond donors (Lipinski definition) is 1. The fourth-order valence-corrected chi connectivity index (χ4v) is 1.44. The Balaban J connectivity index is 2.19. The van der Waals surface area contributed by atoms with Crippen molar-refractivity contribution in [3.8, 4) is 0 Å². The van der Waals surface area contributed by atoms with Gasteiger partial charge in [0.2, 0.25) is 5.89 Å². The molecule has 0 atom stereocenters. The number of benzene rings is 1. The molecule has 0 spiro atoms. The van der Waals surface area contributed by atoms with Crippen LogP contribution < -0.4 is 5.32 Å². The van der Waals surface area contributed by atoms with Crippen molar-refractivity contribution in [2.24, 2.45) is 0 Å². The van der Waals surface area contributed by atoms with E-state index in [1.807, 2.05) is 0 Å². The zero-order chi connectivity index (χ0) is 11.5. The van der Waals surface area contributed by atoms with E-state index in [9.17, 15) is 4.39 Å². The predicted octanol–water partition coefficient (Wildman–Crippen LogP) is 3.34. The van der Waals surface area contributed by atoms with Crippen LogP contribution in [-0.4, -0.2) is 10.2 Å². The largest absolute Gasteiger partial charge is 0.407 e. The van der Waals surface area contributed by atoms with Crippen LogP contribution in [0.15, 0.2) is 22.6 Å². The van der Waals surface area contributed by atoms with Crippen molar-refractivity contribution in [3.63, 3.8) is 0 Å². The second-order valence-electron chi connectivity index (χ2n) is 2.92. The Kier molecular flexibility index (Phi) is 3.26. The zero-order valence-electron chi connectivity index (χ0n) is 7.88. The van der Waals surface area contributed by atoms with Gasteiger partial charge in [-0.15, -0.1) is 16.7 Å². The molecule has 1 aromatic heterocycles. The molecule has 16 heavy (non-hydrogen) atoms. The van der Waals surface area contributed by atoms with Gasteiger partial charge in [-0.3, -0.25) is 0 Å². The van der Waals surface area contributed by atoms with Crippen LogP contribution in [0.25, 0.3) is 0 Å². The molecule has 0 saturated heterocycles. The summed E-state index contributed by atoms with van der Waals surface area (Å²) in [7, 11) is 0. The molecule has 2 aromatic rings. The monoisotopic (exact) mass is 261 g/mol. The van der Waals surface area contributed by atoms with Crippen molar-refractivity contribution >= 4 is 34.9 Å². The van der Waals surface area contributed by atoms with E-state index in [2.05, 4.69) is 15.5 Å². The van der Waals surface area contributed by atoms with Gasteiger partial charge < -0.3 is 9.73 Å². The minimum absolute atomic E-state index is 0.124. The van der Waals surface area contributed by atoms with E-state index in [0.717, 1.165) is 0 Å². The normalized spacial score (nSPS) is 10.4. The summed E-state index contributed by atoms with van der Waals surface area (Å²) in [5, 5.41) is 10.3. The third kappa shape index (κ3) is 2.62. The molecule has 0 fully saturated rings. The highest BCUT2D eigenvalue weighted by molar-refractivity contribution is 6.30. The fourth-order valence-electron chi connectivity index (χ4n) is 1.11. The first-order valence-corrected chi connectivity index (χ1v) is 5.20. The first-order chi connectivity index (χ1) is 7.67. The highest BCUT2D eigenvalue weighted by Crippen LogP contribution is 2.21. The summed E-state index contributed by atoms with van der Waals surface area (Å²) in [6, 6.07) is 4.13. The maximum absolute atomic E-state index is 13.0. The molecule has 84 valence electrons. The lowest BCUT2D eigenvalue weighted by atomic mass is 10.3. The van der Waals surface area contributed by atoms with Crippen LogP contribution in [-0.2, 0) is 5.88 Å². The quantitative estimate of drug-likeness (QED) is 0.862. The van der Waals surface area contributed by atoms with Crippen LogP contribution in [0.5, 0.6) is 0 Å². The van der Waals surface area contributed by atoms with Crippen LogP contribution in [0, 0.1) is 5.82 Å². The molecule has 4 nitrogen and oxygen atoms in total. The lowest BCUT2D eigenvalue weighted by Gasteiger charge is -2.01. The van der Waals surface area contributed by atoms with E-state index in [4.69, 9.17) is 27.6 Å². The Bertz CT molecular complexity index is 483. The van der Waals surface area contributed by atoms with Crippen molar-refractivity contribution < 1.29 is 8.81 Å². The SMILES string of the molecule is Fc1cc(Cl)cc(Nc2nnc(CCl)o2)c1. The number of rotatable bonds is 3. The Morgan fingerprint density at radius 1 is 1.31 bits per heavy atom. The summed E-state index contributed by atoms with van der Waals surface area (Å²) in [4.78, 5) is 0. The molecule has 0 saturated carbocycles. The molecule has 7 heteroatoms. The van der Waals surface area contributed by atoms with Crippen molar-refractivity contribution in [1.29, 1.82) is 0 Å². The molecule has 1 aromatic carbocycles. The molecule has 1 heterocycles. The van der Waals surface area contributed by atoms with E-state index in [-0.39, 0.29) is 22.8 Å². The minimum Gasteiger partial charge on any atom is -0.407 e. The average molecular weight is 262 g/mol. The first-order valence-electron chi connectivity index (χ1n) is 4.29. The second kappa shape index (κ2) is 4.67. The molecule has 0 unspecified atom stereocenters. The lowest BCUT2D eigenvalue weighted by Crippen LogP contribution is -1.91. The topological polar surface area (TPSA) is 51.0 Å². The Labute approximate surface area is 100 Å². The zero-order valence-corrected chi connectivity index (χ0v) is 9.39. The number of aromatic nitrogens is 2. The van der Waals surface area contributed by atoms with Gasteiger partial charge in [0.15, 0.2) is 0 Å². The Morgan fingerprint density at radius 2 is 2.12 bits per heavy atom. The van der Waals surface area contributed by atoms with Crippen LogP contribution >= 0.6 is 23.2 Å². The first kappa shape index (κ1) is 11.2. The van der Waals surface area contributed by atoms with Crippen molar-refractivity contribution in [2.75, 3.05) is 5.32 Å². The number of anilines is 2. The van der Waals surface area contributed by atoms with E-state index in [0.29, 0.717) is 5.69 Å². The smallest absolute Gasteiger partial charge is 0.320 e. The summed E-state index contributed by atoms with van der Waals surface area (Å²) in [6.07, 6.45) is 0. The highest BCUT2D eigenvalue weighted by Gasteiger charge is 2.06. The van der Waals surface area contributed by atoms with E-state index < -0.39 is 5.82 Å². The van der Waals surface area contributed by atoms with Gasteiger partial charge in [-0.05, 0) is 18.2 Å². The fraction of sp³-hybridized carbons (Fsp3) is 0.111. The van der Waals surface area contributed by atoms with Gasteiger partial charge in [-0.2, -0.15) is 0 Å². The molecule has 0 aliphatic heterocycles. The van der Waals surface area contributed by atoms with E-state index >= 15 is 0 Å². The number of alkyl halides is 1. The van der Waals surface area contributed by atoms with Gasteiger partial charge in [-0.25, -0.2) is 4.39 Å². The molecule has 0 aliphatic rings. The van der Waals surface area contributed by atoms with Gasteiger partial charge in [0.05, 0.1) is 0 Å². The molecule has 2 rings (SSSR count). The van der Waals surface area contributed by atoms with E-state index in [1.54, 1.807) is 0 Å². The number of halogens is 3. The molecule has 0 bridgehead atoms.